The highest BCUT2D eigenvalue weighted by molar-refractivity contribution is 5.79. The van der Waals surface area contributed by atoms with Gasteiger partial charge in [0.1, 0.15) is 0 Å². The number of aliphatic imine (C=N–C) groups is 1. The molecule has 1 unspecified atom stereocenters. The van der Waals surface area contributed by atoms with E-state index in [-0.39, 0.29) is 0 Å². The standard InChI is InChI=1S/C19H32N4/c1-16-10-13-23(14-11-16)17(2)15-22-19(20-3)21-12-9-18-7-5-4-6-8-18/h4-8,16-17H,9-15H2,1-3H3,(H2,20,21,22). The summed E-state index contributed by atoms with van der Waals surface area (Å²) in [5.74, 6) is 1.79. The fourth-order valence-corrected chi connectivity index (χ4v) is 3.03. The number of rotatable bonds is 6. The molecule has 128 valence electrons. The first-order valence-corrected chi connectivity index (χ1v) is 8.91. The summed E-state index contributed by atoms with van der Waals surface area (Å²) >= 11 is 0. The van der Waals surface area contributed by atoms with Crippen molar-refractivity contribution in [3.8, 4) is 0 Å². The Morgan fingerprint density at radius 1 is 1.22 bits per heavy atom. The van der Waals surface area contributed by atoms with Gasteiger partial charge >= 0.3 is 0 Å². The number of benzene rings is 1. The number of hydrogen-bond donors (Lipinski definition) is 2. The number of guanidine groups is 1. The van der Waals surface area contributed by atoms with Crippen LogP contribution in [-0.2, 0) is 6.42 Å². The Morgan fingerprint density at radius 2 is 1.91 bits per heavy atom. The van der Waals surface area contributed by atoms with Gasteiger partial charge in [-0.25, -0.2) is 0 Å². The first-order chi connectivity index (χ1) is 11.2. The molecular weight excluding hydrogens is 284 g/mol. The highest BCUT2D eigenvalue weighted by Crippen LogP contribution is 2.17. The molecular formula is C19H32N4. The normalized spacial score (nSPS) is 18.7. The van der Waals surface area contributed by atoms with Gasteiger partial charge in [0.2, 0.25) is 0 Å². The molecule has 0 saturated carbocycles. The van der Waals surface area contributed by atoms with Crippen LogP contribution in [0.3, 0.4) is 0 Å². The van der Waals surface area contributed by atoms with Crippen LogP contribution in [0.25, 0.3) is 0 Å². The van der Waals surface area contributed by atoms with Gasteiger partial charge in [-0.1, -0.05) is 37.3 Å². The van der Waals surface area contributed by atoms with Gasteiger partial charge in [-0.05, 0) is 50.8 Å². The van der Waals surface area contributed by atoms with Crippen LogP contribution in [0.2, 0.25) is 0 Å². The molecule has 0 bridgehead atoms. The smallest absolute Gasteiger partial charge is 0.191 e. The molecule has 2 N–H and O–H groups in total. The third-order valence-electron chi connectivity index (χ3n) is 4.78. The van der Waals surface area contributed by atoms with E-state index in [1.807, 2.05) is 7.05 Å². The predicted molar refractivity (Wildman–Crippen MR) is 98.9 cm³/mol. The van der Waals surface area contributed by atoms with Crippen molar-refractivity contribution in [1.82, 2.24) is 15.5 Å². The molecule has 1 heterocycles. The average molecular weight is 316 g/mol. The van der Waals surface area contributed by atoms with Crippen LogP contribution in [0.15, 0.2) is 35.3 Å². The molecule has 1 atom stereocenters. The van der Waals surface area contributed by atoms with Crippen molar-refractivity contribution < 1.29 is 0 Å². The van der Waals surface area contributed by atoms with E-state index in [0.29, 0.717) is 6.04 Å². The fraction of sp³-hybridized carbons (Fsp3) is 0.632. The minimum atomic E-state index is 0.551. The maximum Gasteiger partial charge on any atom is 0.191 e. The molecule has 0 spiro atoms. The Balaban J connectivity index is 1.66. The van der Waals surface area contributed by atoms with Gasteiger partial charge in [0.05, 0.1) is 0 Å². The molecule has 0 aromatic heterocycles. The summed E-state index contributed by atoms with van der Waals surface area (Å²) in [5.41, 5.74) is 1.35. The van der Waals surface area contributed by atoms with E-state index in [4.69, 9.17) is 0 Å². The summed E-state index contributed by atoms with van der Waals surface area (Å²) in [4.78, 5) is 6.91. The SMILES string of the molecule is CN=C(NCCc1ccccc1)NCC(C)N1CCC(C)CC1. The van der Waals surface area contributed by atoms with Crippen LogP contribution in [0.4, 0.5) is 0 Å². The second kappa shape index (κ2) is 9.56. The van der Waals surface area contributed by atoms with Crippen molar-refractivity contribution in [3.63, 3.8) is 0 Å². The highest BCUT2D eigenvalue weighted by Gasteiger charge is 2.20. The van der Waals surface area contributed by atoms with E-state index in [1.165, 1.54) is 31.5 Å². The number of nitrogens with zero attached hydrogens (tertiary/aromatic N) is 2. The molecule has 0 aliphatic carbocycles. The molecule has 4 heteroatoms. The van der Waals surface area contributed by atoms with Crippen molar-refractivity contribution in [3.05, 3.63) is 35.9 Å². The van der Waals surface area contributed by atoms with Crippen LogP contribution in [0, 0.1) is 5.92 Å². The molecule has 2 rings (SSSR count). The number of hydrogen-bond acceptors (Lipinski definition) is 2. The third-order valence-corrected chi connectivity index (χ3v) is 4.78. The van der Waals surface area contributed by atoms with Crippen molar-refractivity contribution in [2.24, 2.45) is 10.9 Å². The quantitative estimate of drug-likeness (QED) is 0.626. The molecule has 1 aliphatic heterocycles. The maximum atomic E-state index is 4.32. The summed E-state index contributed by atoms with van der Waals surface area (Å²) < 4.78 is 0. The maximum absolute atomic E-state index is 4.32. The van der Waals surface area contributed by atoms with Crippen molar-refractivity contribution in [2.45, 2.75) is 39.2 Å². The topological polar surface area (TPSA) is 39.7 Å². The molecule has 1 saturated heterocycles. The van der Waals surface area contributed by atoms with Gasteiger partial charge in [0.25, 0.3) is 0 Å². The molecule has 4 nitrogen and oxygen atoms in total. The number of likely N-dealkylation sites (tertiary alicyclic amines) is 1. The van der Waals surface area contributed by atoms with E-state index in [0.717, 1.165) is 31.4 Å². The van der Waals surface area contributed by atoms with Crippen LogP contribution < -0.4 is 10.6 Å². The Bertz CT molecular complexity index is 464. The van der Waals surface area contributed by atoms with Gasteiger partial charge in [-0.2, -0.15) is 0 Å². The molecule has 0 radical (unpaired) electrons. The number of piperidine rings is 1. The molecule has 0 amide bonds. The predicted octanol–water partition coefficient (Wildman–Crippen LogP) is 2.51. The van der Waals surface area contributed by atoms with Crippen LogP contribution >= 0.6 is 0 Å². The van der Waals surface area contributed by atoms with Gasteiger partial charge in [0, 0.05) is 26.2 Å². The Hall–Kier alpha value is -1.55. The van der Waals surface area contributed by atoms with E-state index in [1.54, 1.807) is 0 Å². The first-order valence-electron chi connectivity index (χ1n) is 8.91. The van der Waals surface area contributed by atoms with Crippen molar-refractivity contribution in [1.29, 1.82) is 0 Å². The second-order valence-electron chi connectivity index (χ2n) is 6.68. The summed E-state index contributed by atoms with van der Waals surface area (Å²) in [6.45, 7) is 8.96. The highest BCUT2D eigenvalue weighted by atomic mass is 15.2. The third kappa shape index (κ3) is 6.22. The fourth-order valence-electron chi connectivity index (χ4n) is 3.03. The zero-order valence-electron chi connectivity index (χ0n) is 14.9. The van der Waals surface area contributed by atoms with Crippen LogP contribution in [0.1, 0.15) is 32.3 Å². The monoisotopic (exact) mass is 316 g/mol. The molecule has 1 aromatic carbocycles. The molecule has 1 aliphatic rings. The van der Waals surface area contributed by atoms with Crippen LogP contribution in [-0.4, -0.2) is 50.1 Å². The molecule has 1 fully saturated rings. The van der Waals surface area contributed by atoms with Gasteiger partial charge in [-0.15, -0.1) is 0 Å². The van der Waals surface area contributed by atoms with Crippen molar-refractivity contribution >= 4 is 5.96 Å². The Kier molecular flexibility index (Phi) is 7.40. The largest absolute Gasteiger partial charge is 0.356 e. The second-order valence-corrected chi connectivity index (χ2v) is 6.68. The lowest BCUT2D eigenvalue weighted by Crippen LogP contribution is -2.48. The Morgan fingerprint density at radius 3 is 2.57 bits per heavy atom. The van der Waals surface area contributed by atoms with Crippen LogP contribution in [0.5, 0.6) is 0 Å². The van der Waals surface area contributed by atoms with E-state index >= 15 is 0 Å². The summed E-state index contributed by atoms with van der Waals surface area (Å²) in [7, 11) is 1.84. The van der Waals surface area contributed by atoms with Crippen molar-refractivity contribution in [2.75, 3.05) is 33.2 Å². The summed E-state index contributed by atoms with van der Waals surface area (Å²) in [5, 5.41) is 6.86. The average Bonchev–Trinajstić information content (AvgIpc) is 2.59. The Labute approximate surface area is 141 Å². The minimum Gasteiger partial charge on any atom is -0.356 e. The molecule has 1 aromatic rings. The lowest BCUT2D eigenvalue weighted by molar-refractivity contribution is 0.147. The molecule has 23 heavy (non-hydrogen) atoms. The summed E-state index contributed by atoms with van der Waals surface area (Å²) in [6, 6.07) is 11.1. The lowest BCUT2D eigenvalue weighted by Gasteiger charge is -2.35. The van der Waals surface area contributed by atoms with Gasteiger partial charge in [0.15, 0.2) is 5.96 Å². The van der Waals surface area contributed by atoms with E-state index in [2.05, 4.69) is 64.7 Å². The minimum absolute atomic E-state index is 0.551. The number of nitrogens with one attached hydrogen (secondary N) is 2. The zero-order chi connectivity index (χ0) is 16.5. The summed E-state index contributed by atoms with van der Waals surface area (Å²) in [6.07, 6.45) is 3.67. The lowest BCUT2D eigenvalue weighted by atomic mass is 9.98. The van der Waals surface area contributed by atoms with Gasteiger partial charge in [-0.3, -0.25) is 9.89 Å². The zero-order valence-corrected chi connectivity index (χ0v) is 14.9. The van der Waals surface area contributed by atoms with E-state index < -0.39 is 0 Å². The first kappa shape index (κ1) is 17.8. The van der Waals surface area contributed by atoms with E-state index in [9.17, 15) is 0 Å². The van der Waals surface area contributed by atoms with Gasteiger partial charge < -0.3 is 10.6 Å².